The van der Waals surface area contributed by atoms with E-state index in [2.05, 4.69) is 11.4 Å². The van der Waals surface area contributed by atoms with Crippen LogP contribution in [-0.4, -0.2) is 12.8 Å². The molecule has 0 fully saturated rings. The fourth-order valence-electron chi connectivity index (χ4n) is 2.07. The predicted octanol–water partition coefficient (Wildman–Crippen LogP) is 4.33. The molecule has 0 spiro atoms. The van der Waals surface area contributed by atoms with E-state index in [9.17, 15) is 8.78 Å². The summed E-state index contributed by atoms with van der Waals surface area (Å²) in [4.78, 5) is 0.346. The monoisotopic (exact) mass is 293 g/mol. The smallest absolute Gasteiger partial charge is 0.136 e. The van der Waals surface area contributed by atoms with Crippen molar-refractivity contribution in [2.45, 2.75) is 17.9 Å². The van der Waals surface area contributed by atoms with E-state index in [-0.39, 0.29) is 11.9 Å². The topological polar surface area (TPSA) is 12.0 Å². The summed E-state index contributed by atoms with van der Waals surface area (Å²) in [5.74, 6) is -0.149. The summed E-state index contributed by atoms with van der Waals surface area (Å²) in [6.07, 6.45) is 0. The molecule has 106 valence electrons. The first-order chi connectivity index (χ1) is 9.61. The zero-order valence-corrected chi connectivity index (χ0v) is 12.3. The van der Waals surface area contributed by atoms with Crippen molar-refractivity contribution < 1.29 is 8.78 Å². The first-order valence-corrected chi connectivity index (χ1v) is 7.41. The highest BCUT2D eigenvalue weighted by Gasteiger charge is 2.13. The molecule has 0 aliphatic carbocycles. The van der Waals surface area contributed by atoms with Crippen LogP contribution in [0.15, 0.2) is 47.4 Å². The van der Waals surface area contributed by atoms with E-state index < -0.39 is 5.82 Å². The van der Waals surface area contributed by atoms with E-state index >= 15 is 0 Å². The Morgan fingerprint density at radius 1 is 1.15 bits per heavy atom. The van der Waals surface area contributed by atoms with Gasteiger partial charge in [-0.15, -0.1) is 11.8 Å². The molecule has 0 aliphatic rings. The number of halogens is 2. The minimum absolute atomic E-state index is 0.101. The van der Waals surface area contributed by atoms with Gasteiger partial charge in [0.05, 0.1) is 0 Å². The molecule has 0 heterocycles. The largest absolute Gasteiger partial charge is 0.312 e. The average molecular weight is 293 g/mol. The van der Waals surface area contributed by atoms with E-state index in [0.717, 1.165) is 6.07 Å². The van der Waals surface area contributed by atoms with Crippen LogP contribution in [0.1, 0.15) is 17.2 Å². The SMILES string of the molecule is CNC(CSc1cc(F)ccc1F)c1ccccc1C. The molecule has 0 amide bonds. The molecular formula is C16H17F2NS. The number of rotatable bonds is 5. The summed E-state index contributed by atoms with van der Waals surface area (Å²) in [5, 5.41) is 3.23. The molecule has 2 rings (SSSR count). The minimum Gasteiger partial charge on any atom is -0.312 e. The molecule has 0 aliphatic heterocycles. The Labute approximate surface area is 122 Å². The number of benzene rings is 2. The van der Waals surface area contributed by atoms with Gasteiger partial charge in [-0.3, -0.25) is 0 Å². The lowest BCUT2D eigenvalue weighted by molar-refractivity contribution is 0.576. The summed E-state index contributed by atoms with van der Waals surface area (Å²) in [6.45, 7) is 2.05. The Morgan fingerprint density at radius 2 is 1.90 bits per heavy atom. The van der Waals surface area contributed by atoms with Crippen molar-refractivity contribution in [3.63, 3.8) is 0 Å². The molecule has 1 unspecified atom stereocenters. The summed E-state index contributed by atoms with van der Waals surface area (Å²) in [7, 11) is 1.87. The molecule has 0 radical (unpaired) electrons. The van der Waals surface area contributed by atoms with Crippen LogP contribution in [0.3, 0.4) is 0 Å². The van der Waals surface area contributed by atoms with Gasteiger partial charge in [-0.1, -0.05) is 24.3 Å². The zero-order chi connectivity index (χ0) is 14.5. The Hall–Kier alpha value is -1.39. The van der Waals surface area contributed by atoms with Crippen molar-refractivity contribution in [3.05, 3.63) is 65.2 Å². The van der Waals surface area contributed by atoms with Gasteiger partial charge in [0.1, 0.15) is 11.6 Å². The third-order valence-electron chi connectivity index (χ3n) is 3.21. The van der Waals surface area contributed by atoms with E-state index in [1.165, 1.54) is 35.0 Å². The molecule has 1 atom stereocenters. The van der Waals surface area contributed by atoms with Crippen molar-refractivity contribution in [2.24, 2.45) is 0 Å². The van der Waals surface area contributed by atoms with Gasteiger partial charge in [-0.2, -0.15) is 0 Å². The number of hydrogen-bond donors (Lipinski definition) is 1. The van der Waals surface area contributed by atoms with Crippen LogP contribution in [0, 0.1) is 18.6 Å². The first-order valence-electron chi connectivity index (χ1n) is 6.42. The van der Waals surface area contributed by atoms with Gasteiger partial charge >= 0.3 is 0 Å². The maximum Gasteiger partial charge on any atom is 0.136 e. The summed E-state index contributed by atoms with van der Waals surface area (Å²) in [5.41, 5.74) is 2.37. The molecule has 0 bridgehead atoms. The fraction of sp³-hybridized carbons (Fsp3) is 0.250. The third-order valence-corrected chi connectivity index (χ3v) is 4.33. The molecule has 2 aromatic rings. The highest BCUT2D eigenvalue weighted by Crippen LogP contribution is 2.28. The lowest BCUT2D eigenvalue weighted by Crippen LogP contribution is -2.19. The standard InChI is InChI=1S/C16H17F2NS/c1-11-5-3-4-6-13(11)15(19-2)10-20-16-9-12(17)7-8-14(16)18/h3-9,15,19H,10H2,1-2H3. The van der Waals surface area contributed by atoms with Crippen LogP contribution < -0.4 is 5.32 Å². The zero-order valence-electron chi connectivity index (χ0n) is 11.5. The number of hydrogen-bond acceptors (Lipinski definition) is 2. The molecule has 20 heavy (non-hydrogen) atoms. The molecule has 2 aromatic carbocycles. The summed E-state index contributed by atoms with van der Waals surface area (Å²) in [6, 6.07) is 11.7. The lowest BCUT2D eigenvalue weighted by atomic mass is 10.0. The van der Waals surface area contributed by atoms with Gasteiger partial charge in [0.15, 0.2) is 0 Å². The molecule has 0 saturated heterocycles. The predicted molar refractivity (Wildman–Crippen MR) is 80.1 cm³/mol. The van der Waals surface area contributed by atoms with Crippen LogP contribution >= 0.6 is 11.8 Å². The van der Waals surface area contributed by atoms with Crippen molar-refractivity contribution in [3.8, 4) is 0 Å². The van der Waals surface area contributed by atoms with Gasteiger partial charge in [-0.25, -0.2) is 8.78 Å². The number of aryl methyl sites for hydroxylation is 1. The second-order valence-electron chi connectivity index (χ2n) is 4.58. The number of thioether (sulfide) groups is 1. The van der Waals surface area contributed by atoms with Gasteiger partial charge in [0, 0.05) is 16.7 Å². The Balaban J connectivity index is 2.12. The summed E-state index contributed by atoms with van der Waals surface area (Å²) < 4.78 is 26.7. The quantitative estimate of drug-likeness (QED) is 0.824. The minimum atomic E-state index is -0.411. The van der Waals surface area contributed by atoms with E-state index in [1.54, 1.807) is 0 Å². The Morgan fingerprint density at radius 3 is 2.60 bits per heavy atom. The molecule has 0 aromatic heterocycles. The fourth-order valence-corrected chi connectivity index (χ4v) is 3.16. The van der Waals surface area contributed by atoms with E-state index in [0.29, 0.717) is 10.6 Å². The first kappa shape index (κ1) is 15.0. The number of nitrogens with one attached hydrogen (secondary N) is 1. The van der Waals surface area contributed by atoms with Gasteiger partial charge < -0.3 is 5.32 Å². The normalized spacial score (nSPS) is 12.4. The molecule has 1 N–H and O–H groups in total. The maximum absolute atomic E-state index is 13.6. The van der Waals surface area contributed by atoms with Crippen molar-refractivity contribution in [2.75, 3.05) is 12.8 Å². The molecule has 4 heteroatoms. The molecule has 1 nitrogen and oxygen atoms in total. The van der Waals surface area contributed by atoms with Gasteiger partial charge in [0.2, 0.25) is 0 Å². The third kappa shape index (κ3) is 3.58. The van der Waals surface area contributed by atoms with Crippen molar-refractivity contribution >= 4 is 11.8 Å². The van der Waals surface area contributed by atoms with E-state index in [4.69, 9.17) is 0 Å². The molecule has 0 saturated carbocycles. The Kier molecular flexibility index (Phi) is 5.15. The van der Waals surface area contributed by atoms with Crippen molar-refractivity contribution in [1.29, 1.82) is 0 Å². The lowest BCUT2D eigenvalue weighted by Gasteiger charge is -2.18. The summed E-state index contributed by atoms with van der Waals surface area (Å²) >= 11 is 1.32. The van der Waals surface area contributed by atoms with Crippen LogP contribution in [0.4, 0.5) is 8.78 Å². The highest BCUT2D eigenvalue weighted by molar-refractivity contribution is 7.99. The van der Waals surface area contributed by atoms with Crippen LogP contribution in [0.2, 0.25) is 0 Å². The second-order valence-corrected chi connectivity index (χ2v) is 5.65. The Bertz CT molecular complexity index is 586. The van der Waals surface area contributed by atoms with Crippen LogP contribution in [0.5, 0.6) is 0 Å². The highest BCUT2D eigenvalue weighted by atomic mass is 32.2. The second kappa shape index (κ2) is 6.86. The van der Waals surface area contributed by atoms with Gasteiger partial charge in [-0.05, 0) is 43.3 Å². The maximum atomic E-state index is 13.6. The van der Waals surface area contributed by atoms with Crippen LogP contribution in [0.25, 0.3) is 0 Å². The van der Waals surface area contributed by atoms with Crippen LogP contribution in [-0.2, 0) is 0 Å². The van der Waals surface area contributed by atoms with E-state index in [1.807, 2.05) is 32.2 Å². The molecular weight excluding hydrogens is 276 g/mol. The van der Waals surface area contributed by atoms with Gasteiger partial charge in [0.25, 0.3) is 0 Å². The van der Waals surface area contributed by atoms with Crippen molar-refractivity contribution in [1.82, 2.24) is 5.32 Å². The average Bonchev–Trinajstić information content (AvgIpc) is 2.45.